The number of rotatable bonds is 4. The summed E-state index contributed by atoms with van der Waals surface area (Å²) in [5.74, 6) is 0.521. The van der Waals surface area contributed by atoms with Gasteiger partial charge in [0.15, 0.2) is 0 Å². The molecule has 0 aliphatic carbocycles. The lowest BCUT2D eigenvalue weighted by atomic mass is 9.83. The Balaban J connectivity index is 0.00000324. The van der Waals surface area contributed by atoms with Gasteiger partial charge in [0.25, 0.3) is 0 Å². The van der Waals surface area contributed by atoms with E-state index in [2.05, 4.69) is 46.8 Å². The molecular formula is C16H28ClNO. The van der Waals surface area contributed by atoms with E-state index in [1.54, 1.807) is 0 Å². The summed E-state index contributed by atoms with van der Waals surface area (Å²) in [6.45, 7) is 10.6. The van der Waals surface area contributed by atoms with Crippen LogP contribution in [-0.4, -0.2) is 11.1 Å². The average Bonchev–Trinajstić information content (AvgIpc) is 2.27. The molecule has 0 saturated carbocycles. The molecule has 0 bridgehead atoms. The van der Waals surface area contributed by atoms with Crippen LogP contribution in [0.15, 0.2) is 24.3 Å². The van der Waals surface area contributed by atoms with Gasteiger partial charge in [0.05, 0.1) is 6.10 Å². The molecular weight excluding hydrogens is 258 g/mol. The van der Waals surface area contributed by atoms with Crippen LogP contribution in [0.2, 0.25) is 0 Å². The molecule has 110 valence electrons. The van der Waals surface area contributed by atoms with Crippen LogP contribution in [0.4, 0.5) is 0 Å². The molecule has 0 aliphatic rings. The van der Waals surface area contributed by atoms with Gasteiger partial charge in [-0.3, -0.25) is 0 Å². The Bertz CT molecular complexity index is 367. The average molecular weight is 286 g/mol. The van der Waals surface area contributed by atoms with Gasteiger partial charge in [-0.05, 0) is 28.9 Å². The normalized spacial score (nSPS) is 14.9. The number of aliphatic hydroxyl groups excluding tert-OH is 1. The Morgan fingerprint density at radius 3 is 1.84 bits per heavy atom. The minimum Gasteiger partial charge on any atom is -0.388 e. The van der Waals surface area contributed by atoms with Crippen molar-refractivity contribution in [3.8, 4) is 0 Å². The lowest BCUT2D eigenvalue weighted by Gasteiger charge is -2.29. The third-order valence-corrected chi connectivity index (χ3v) is 3.58. The van der Waals surface area contributed by atoms with Crippen LogP contribution in [0.5, 0.6) is 0 Å². The smallest absolute Gasteiger partial charge is 0.0805 e. The molecule has 0 aliphatic heterocycles. The molecule has 19 heavy (non-hydrogen) atoms. The Kier molecular flexibility index (Phi) is 7.06. The van der Waals surface area contributed by atoms with Crippen molar-refractivity contribution in [2.45, 2.75) is 59.1 Å². The summed E-state index contributed by atoms with van der Waals surface area (Å²) in [7, 11) is 0. The maximum atomic E-state index is 10.2. The molecule has 0 radical (unpaired) electrons. The third-order valence-electron chi connectivity index (χ3n) is 3.58. The summed E-state index contributed by atoms with van der Waals surface area (Å²) in [4.78, 5) is 0. The van der Waals surface area contributed by atoms with Gasteiger partial charge in [-0.15, -0.1) is 12.4 Å². The van der Waals surface area contributed by atoms with Gasteiger partial charge >= 0.3 is 0 Å². The fraction of sp³-hybridized carbons (Fsp3) is 0.625. The predicted molar refractivity (Wildman–Crippen MR) is 84.8 cm³/mol. The topological polar surface area (TPSA) is 46.2 Å². The highest BCUT2D eigenvalue weighted by atomic mass is 35.5. The van der Waals surface area contributed by atoms with Gasteiger partial charge in [-0.25, -0.2) is 0 Å². The highest BCUT2D eigenvalue weighted by molar-refractivity contribution is 5.85. The first kappa shape index (κ1) is 18.4. The molecule has 2 atom stereocenters. The van der Waals surface area contributed by atoms with Crippen LogP contribution in [-0.2, 0) is 0 Å². The Hall–Kier alpha value is -0.570. The van der Waals surface area contributed by atoms with E-state index in [1.165, 1.54) is 5.56 Å². The van der Waals surface area contributed by atoms with Crippen LogP contribution < -0.4 is 5.73 Å². The first-order chi connectivity index (χ1) is 8.21. The van der Waals surface area contributed by atoms with Crippen molar-refractivity contribution in [3.05, 3.63) is 35.4 Å². The largest absolute Gasteiger partial charge is 0.388 e. The number of halogens is 1. The molecule has 1 aromatic rings. The lowest BCUT2D eigenvalue weighted by Crippen LogP contribution is -2.36. The predicted octanol–water partition coefficient (Wildman–Crippen LogP) is 4.03. The molecule has 2 nitrogen and oxygen atoms in total. The second-order valence-electron chi connectivity index (χ2n) is 6.55. The molecule has 0 aromatic heterocycles. The van der Waals surface area contributed by atoms with Gasteiger partial charge in [0, 0.05) is 6.04 Å². The van der Waals surface area contributed by atoms with Crippen molar-refractivity contribution in [1.29, 1.82) is 0 Å². The molecule has 0 heterocycles. The number of hydrogen-bond acceptors (Lipinski definition) is 2. The van der Waals surface area contributed by atoms with E-state index in [9.17, 15) is 5.11 Å². The van der Waals surface area contributed by atoms with E-state index in [4.69, 9.17) is 5.73 Å². The summed E-state index contributed by atoms with van der Waals surface area (Å²) in [6, 6.07) is 8.19. The summed E-state index contributed by atoms with van der Waals surface area (Å²) in [6.07, 6.45) is 0.130. The molecule has 0 fully saturated rings. The molecule has 0 unspecified atom stereocenters. The monoisotopic (exact) mass is 285 g/mol. The SMILES string of the molecule is CC(C)c1ccc([C@@H](O)C[C@@H](N)C(C)(C)C)cc1.Cl. The van der Waals surface area contributed by atoms with E-state index in [1.807, 2.05) is 12.1 Å². The zero-order chi connectivity index (χ0) is 13.9. The molecule has 1 aromatic carbocycles. The van der Waals surface area contributed by atoms with Crippen LogP contribution in [0.25, 0.3) is 0 Å². The summed E-state index contributed by atoms with van der Waals surface area (Å²) < 4.78 is 0. The first-order valence-electron chi connectivity index (χ1n) is 6.75. The van der Waals surface area contributed by atoms with Crippen molar-refractivity contribution in [2.75, 3.05) is 0 Å². The van der Waals surface area contributed by atoms with Crippen LogP contribution in [0.3, 0.4) is 0 Å². The molecule has 3 heteroatoms. The van der Waals surface area contributed by atoms with E-state index in [-0.39, 0.29) is 23.9 Å². The van der Waals surface area contributed by atoms with Gasteiger partial charge < -0.3 is 10.8 Å². The lowest BCUT2D eigenvalue weighted by molar-refractivity contribution is 0.133. The Labute approximate surface area is 123 Å². The highest BCUT2D eigenvalue weighted by Crippen LogP contribution is 2.27. The quantitative estimate of drug-likeness (QED) is 0.877. The van der Waals surface area contributed by atoms with Crippen LogP contribution in [0, 0.1) is 5.41 Å². The van der Waals surface area contributed by atoms with E-state index >= 15 is 0 Å². The Morgan fingerprint density at radius 1 is 1.05 bits per heavy atom. The van der Waals surface area contributed by atoms with Crippen LogP contribution in [0.1, 0.15) is 64.2 Å². The number of hydrogen-bond donors (Lipinski definition) is 2. The molecule has 0 spiro atoms. The zero-order valence-corrected chi connectivity index (χ0v) is 13.5. The van der Waals surface area contributed by atoms with Crippen molar-refractivity contribution >= 4 is 12.4 Å². The molecule has 3 N–H and O–H groups in total. The minimum absolute atomic E-state index is 0. The van der Waals surface area contributed by atoms with E-state index in [0.717, 1.165) is 5.56 Å². The van der Waals surface area contributed by atoms with Crippen LogP contribution >= 0.6 is 12.4 Å². The maximum absolute atomic E-state index is 10.2. The summed E-state index contributed by atoms with van der Waals surface area (Å²) in [5, 5.41) is 10.2. The summed E-state index contributed by atoms with van der Waals surface area (Å²) >= 11 is 0. The maximum Gasteiger partial charge on any atom is 0.0805 e. The summed E-state index contributed by atoms with van der Waals surface area (Å²) in [5.41, 5.74) is 8.39. The zero-order valence-electron chi connectivity index (χ0n) is 12.7. The highest BCUT2D eigenvalue weighted by Gasteiger charge is 2.23. The molecule has 0 amide bonds. The second kappa shape index (κ2) is 7.28. The van der Waals surface area contributed by atoms with Crippen molar-refractivity contribution < 1.29 is 5.11 Å². The van der Waals surface area contributed by atoms with Crippen molar-refractivity contribution in [2.24, 2.45) is 11.1 Å². The second-order valence-corrected chi connectivity index (χ2v) is 6.55. The third kappa shape index (κ3) is 5.52. The number of aliphatic hydroxyl groups is 1. The minimum atomic E-state index is -0.472. The number of benzene rings is 1. The van der Waals surface area contributed by atoms with Gasteiger partial charge in [-0.2, -0.15) is 0 Å². The molecule has 0 saturated heterocycles. The van der Waals surface area contributed by atoms with Gasteiger partial charge in [0.2, 0.25) is 0 Å². The van der Waals surface area contributed by atoms with E-state index in [0.29, 0.717) is 12.3 Å². The first-order valence-corrected chi connectivity index (χ1v) is 6.75. The fourth-order valence-electron chi connectivity index (χ4n) is 1.83. The number of nitrogens with two attached hydrogens (primary N) is 1. The van der Waals surface area contributed by atoms with Gasteiger partial charge in [0.1, 0.15) is 0 Å². The Morgan fingerprint density at radius 2 is 1.47 bits per heavy atom. The van der Waals surface area contributed by atoms with E-state index < -0.39 is 6.10 Å². The molecule has 1 rings (SSSR count). The van der Waals surface area contributed by atoms with Gasteiger partial charge in [-0.1, -0.05) is 58.9 Å². The fourth-order valence-corrected chi connectivity index (χ4v) is 1.83. The standard InChI is InChI=1S/C16H27NO.ClH/c1-11(2)12-6-8-13(9-7-12)14(18)10-15(17)16(3,4)5;/h6-9,11,14-15,18H,10,17H2,1-5H3;1H/t14-,15+;/m0./s1. The van der Waals surface area contributed by atoms with Crippen molar-refractivity contribution in [3.63, 3.8) is 0 Å². The van der Waals surface area contributed by atoms with Crippen molar-refractivity contribution in [1.82, 2.24) is 0 Å².